The number of H-pyrrole nitrogens is 1. The van der Waals surface area contributed by atoms with Crippen LogP contribution >= 0.6 is 11.6 Å². The van der Waals surface area contributed by atoms with E-state index in [-0.39, 0.29) is 27.3 Å². The molecule has 8 heteroatoms. The van der Waals surface area contributed by atoms with E-state index in [0.717, 1.165) is 12.1 Å². The second-order valence-electron chi connectivity index (χ2n) is 5.72. The van der Waals surface area contributed by atoms with E-state index >= 15 is 0 Å². The Morgan fingerprint density at radius 1 is 1.12 bits per heavy atom. The van der Waals surface area contributed by atoms with Gasteiger partial charge >= 0.3 is 0 Å². The molecular formula is C18H12ClF3N2O2. The zero-order chi connectivity index (χ0) is 19.2. The molecule has 0 bridgehead atoms. The van der Waals surface area contributed by atoms with Crippen LogP contribution in [0.2, 0.25) is 5.02 Å². The van der Waals surface area contributed by atoms with Crippen LogP contribution in [0.15, 0.2) is 29.1 Å². The fraction of sp³-hybridized carbons (Fsp3) is 0.111. The third kappa shape index (κ3) is 2.84. The lowest BCUT2D eigenvalue weighted by atomic mass is 10.0. The average Bonchev–Trinajstić information content (AvgIpc) is 2.58. The summed E-state index contributed by atoms with van der Waals surface area (Å²) < 4.78 is 40.5. The lowest BCUT2D eigenvalue weighted by Crippen LogP contribution is -2.19. The van der Waals surface area contributed by atoms with Gasteiger partial charge in [0, 0.05) is 0 Å². The summed E-state index contributed by atoms with van der Waals surface area (Å²) in [5.41, 5.74) is -0.472. The molecule has 2 aromatic carbocycles. The first-order valence-corrected chi connectivity index (χ1v) is 7.86. The molecule has 0 aliphatic carbocycles. The number of carbonyl (C=O) groups excluding carboxylic acids is 1. The number of ketones is 1. The number of nitrogens with one attached hydrogen (secondary N) is 2. The Bertz CT molecular complexity index is 1130. The molecule has 2 N–H and O–H groups in total. The van der Waals surface area contributed by atoms with E-state index in [1.165, 1.54) is 6.92 Å². The summed E-state index contributed by atoms with van der Waals surface area (Å²) in [6.45, 7) is 2.85. The molecule has 0 atom stereocenters. The highest BCUT2D eigenvalue weighted by molar-refractivity contribution is 6.35. The minimum Gasteiger partial charge on any atom is -0.339 e. The maximum atomic E-state index is 14.0. The molecule has 1 heterocycles. The third-order valence-electron chi connectivity index (χ3n) is 3.96. The molecule has 0 aliphatic rings. The molecule has 3 rings (SSSR count). The van der Waals surface area contributed by atoms with Crippen molar-refractivity contribution >= 4 is 39.8 Å². The molecule has 26 heavy (non-hydrogen) atoms. The largest absolute Gasteiger partial charge is 0.339 e. The average molecular weight is 381 g/mol. The molecule has 0 saturated carbocycles. The Morgan fingerprint density at radius 3 is 2.46 bits per heavy atom. The number of rotatable bonds is 3. The summed E-state index contributed by atoms with van der Waals surface area (Å²) in [4.78, 5) is 27.6. The van der Waals surface area contributed by atoms with E-state index in [1.807, 2.05) is 0 Å². The number of anilines is 2. The maximum Gasteiger partial charge on any atom is 0.202 e. The minimum absolute atomic E-state index is 0.160. The smallest absolute Gasteiger partial charge is 0.202 e. The summed E-state index contributed by atoms with van der Waals surface area (Å²) in [6.07, 6.45) is 0. The molecule has 0 aliphatic heterocycles. The number of pyridine rings is 1. The van der Waals surface area contributed by atoms with Crippen molar-refractivity contribution in [2.45, 2.75) is 13.8 Å². The van der Waals surface area contributed by atoms with E-state index in [9.17, 15) is 22.8 Å². The zero-order valence-electron chi connectivity index (χ0n) is 13.6. The molecule has 134 valence electrons. The van der Waals surface area contributed by atoms with Crippen LogP contribution < -0.4 is 10.7 Å². The van der Waals surface area contributed by atoms with Gasteiger partial charge in [-0.15, -0.1) is 0 Å². The van der Waals surface area contributed by atoms with Crippen LogP contribution in [-0.2, 0) is 0 Å². The standard InChI is InChI=1S/C18H12ClF3N2O2/c1-7-3-4-9(19)16-12(7)17(26)13(8(2)25)18(24-16)23-11-6-5-10(20)14(21)15(11)22/h3-6H,1-2H3,(H2,23,24,26). The topological polar surface area (TPSA) is 62.0 Å². The Labute approximate surface area is 150 Å². The van der Waals surface area contributed by atoms with Crippen molar-refractivity contribution in [3.05, 3.63) is 68.1 Å². The van der Waals surface area contributed by atoms with Crippen LogP contribution in [0, 0.1) is 24.4 Å². The second-order valence-corrected chi connectivity index (χ2v) is 6.13. The normalized spacial score (nSPS) is 11.0. The summed E-state index contributed by atoms with van der Waals surface area (Å²) in [5.74, 6) is -5.25. The Balaban J connectivity index is 2.31. The number of carbonyl (C=O) groups is 1. The molecule has 0 saturated heterocycles. The van der Waals surface area contributed by atoms with Gasteiger partial charge in [0.1, 0.15) is 11.4 Å². The fourth-order valence-corrected chi connectivity index (χ4v) is 2.91. The molecule has 1 aromatic heterocycles. The van der Waals surface area contributed by atoms with Crippen molar-refractivity contribution in [3.8, 4) is 0 Å². The van der Waals surface area contributed by atoms with Crippen molar-refractivity contribution in [2.24, 2.45) is 0 Å². The van der Waals surface area contributed by atoms with Gasteiger partial charge in [-0.3, -0.25) is 9.59 Å². The van der Waals surface area contributed by atoms with Gasteiger partial charge < -0.3 is 10.3 Å². The van der Waals surface area contributed by atoms with Crippen LogP contribution in [0.5, 0.6) is 0 Å². The molecule has 0 unspecified atom stereocenters. The van der Waals surface area contributed by atoms with Crippen LogP contribution in [0.4, 0.5) is 24.7 Å². The lowest BCUT2D eigenvalue weighted by Gasteiger charge is -2.14. The molecule has 4 nitrogen and oxygen atoms in total. The highest BCUT2D eigenvalue weighted by Crippen LogP contribution is 2.28. The zero-order valence-corrected chi connectivity index (χ0v) is 14.4. The van der Waals surface area contributed by atoms with E-state index in [1.54, 1.807) is 19.1 Å². The number of aryl methyl sites for hydroxylation is 1. The van der Waals surface area contributed by atoms with Crippen molar-refractivity contribution in [1.82, 2.24) is 4.98 Å². The number of halogens is 4. The van der Waals surface area contributed by atoms with Crippen molar-refractivity contribution < 1.29 is 18.0 Å². The maximum absolute atomic E-state index is 14.0. The number of hydrogen-bond acceptors (Lipinski definition) is 3. The van der Waals surface area contributed by atoms with Gasteiger partial charge in [0.05, 0.1) is 21.6 Å². The van der Waals surface area contributed by atoms with Crippen LogP contribution in [0.25, 0.3) is 10.9 Å². The van der Waals surface area contributed by atoms with E-state index in [4.69, 9.17) is 11.6 Å². The number of Topliss-reactive ketones (excluding diaryl/α,β-unsaturated/α-hetero) is 1. The van der Waals surface area contributed by atoms with Crippen molar-refractivity contribution in [2.75, 3.05) is 5.32 Å². The highest BCUT2D eigenvalue weighted by Gasteiger charge is 2.21. The SMILES string of the molecule is CC(=O)c1c(Nc2ccc(F)c(F)c2F)[nH]c2c(Cl)ccc(C)c2c1=O. The van der Waals surface area contributed by atoms with E-state index < -0.39 is 34.4 Å². The second kappa shape index (κ2) is 6.49. The van der Waals surface area contributed by atoms with Crippen molar-refractivity contribution in [3.63, 3.8) is 0 Å². The van der Waals surface area contributed by atoms with Gasteiger partial charge in [-0.05, 0) is 37.6 Å². The van der Waals surface area contributed by atoms with Gasteiger partial charge in [0.2, 0.25) is 5.43 Å². The van der Waals surface area contributed by atoms with Gasteiger partial charge in [0.25, 0.3) is 0 Å². The monoisotopic (exact) mass is 380 g/mol. The summed E-state index contributed by atoms with van der Waals surface area (Å²) in [6, 6.07) is 4.87. The van der Waals surface area contributed by atoms with Gasteiger partial charge in [-0.1, -0.05) is 17.7 Å². The Kier molecular flexibility index (Phi) is 4.50. The van der Waals surface area contributed by atoms with Gasteiger partial charge in [0.15, 0.2) is 23.2 Å². The molecule has 0 radical (unpaired) electrons. The Hall–Kier alpha value is -2.80. The minimum atomic E-state index is -1.67. The van der Waals surface area contributed by atoms with E-state index in [2.05, 4.69) is 10.3 Å². The van der Waals surface area contributed by atoms with Gasteiger partial charge in [-0.2, -0.15) is 0 Å². The fourth-order valence-electron chi connectivity index (χ4n) is 2.71. The summed E-state index contributed by atoms with van der Waals surface area (Å²) >= 11 is 6.12. The summed E-state index contributed by atoms with van der Waals surface area (Å²) in [7, 11) is 0. The lowest BCUT2D eigenvalue weighted by molar-refractivity contribution is 0.101. The predicted molar refractivity (Wildman–Crippen MR) is 93.9 cm³/mol. The number of fused-ring (bicyclic) bond motifs is 1. The third-order valence-corrected chi connectivity index (χ3v) is 4.28. The quantitative estimate of drug-likeness (QED) is 0.504. The van der Waals surface area contributed by atoms with Crippen LogP contribution in [-0.4, -0.2) is 10.8 Å². The first kappa shape index (κ1) is 18.0. The first-order valence-electron chi connectivity index (χ1n) is 7.49. The van der Waals surface area contributed by atoms with Crippen molar-refractivity contribution in [1.29, 1.82) is 0 Å². The molecule has 0 spiro atoms. The number of aromatic amines is 1. The summed E-state index contributed by atoms with van der Waals surface area (Å²) in [5, 5.41) is 2.89. The predicted octanol–water partition coefficient (Wildman–Crippen LogP) is 4.85. The number of aromatic nitrogens is 1. The molecule has 0 fully saturated rings. The first-order chi connectivity index (χ1) is 12.2. The molecule has 3 aromatic rings. The molecular weight excluding hydrogens is 369 g/mol. The number of benzene rings is 2. The number of hydrogen-bond donors (Lipinski definition) is 2. The van der Waals surface area contributed by atoms with Crippen LogP contribution in [0.1, 0.15) is 22.8 Å². The van der Waals surface area contributed by atoms with Crippen LogP contribution in [0.3, 0.4) is 0 Å². The Morgan fingerprint density at radius 2 is 1.81 bits per heavy atom. The van der Waals surface area contributed by atoms with E-state index in [0.29, 0.717) is 5.56 Å². The highest BCUT2D eigenvalue weighted by atomic mass is 35.5. The van der Waals surface area contributed by atoms with Gasteiger partial charge in [-0.25, -0.2) is 13.2 Å². The molecule has 0 amide bonds.